The lowest BCUT2D eigenvalue weighted by atomic mass is 9.84. The Labute approximate surface area is 267 Å². The maximum atomic E-state index is 10.6. The fourth-order valence-corrected chi connectivity index (χ4v) is 5.12. The van der Waals surface area contributed by atoms with E-state index in [1.165, 1.54) is 36.5 Å². The molecule has 2 saturated heterocycles. The highest BCUT2D eigenvalue weighted by Gasteiger charge is 2.42. The first-order valence-corrected chi connectivity index (χ1v) is 14.2. The number of halogens is 9. The lowest BCUT2D eigenvalue weighted by Gasteiger charge is -2.45. The van der Waals surface area contributed by atoms with Crippen LogP contribution in [0.1, 0.15) is 31.5 Å². The molecule has 0 atom stereocenters. The minimum absolute atomic E-state index is 0.0530. The zero-order valence-electron chi connectivity index (χ0n) is 25.0. The lowest BCUT2D eigenvalue weighted by Crippen LogP contribution is -2.56. The predicted molar refractivity (Wildman–Crippen MR) is 148 cm³/mol. The molecule has 0 bridgehead atoms. The maximum absolute atomic E-state index is 10.6. The van der Waals surface area contributed by atoms with Crippen molar-refractivity contribution in [3.63, 3.8) is 0 Å². The van der Waals surface area contributed by atoms with Gasteiger partial charge in [-0.2, -0.15) is 39.5 Å². The summed E-state index contributed by atoms with van der Waals surface area (Å²) >= 11 is 0. The molecule has 5 rings (SSSR count). The number of rotatable bonds is 3. The van der Waals surface area contributed by atoms with Gasteiger partial charge in [0.25, 0.3) is 0 Å². The molecular weight excluding hydrogens is 675 g/mol. The topological polar surface area (TPSA) is 154 Å². The van der Waals surface area contributed by atoms with Gasteiger partial charge in [-0.25, -0.2) is 19.4 Å². The fraction of sp³-hybridized carbons (Fsp3) is 0.571. The third-order valence-electron chi connectivity index (χ3n) is 7.45. The van der Waals surface area contributed by atoms with Crippen molar-refractivity contribution in [2.24, 2.45) is 5.92 Å². The smallest absolute Gasteiger partial charge is 0.475 e. The van der Waals surface area contributed by atoms with Gasteiger partial charge in [-0.1, -0.05) is 30.3 Å². The molecule has 20 heteroatoms. The van der Waals surface area contributed by atoms with Crippen LogP contribution in [0.15, 0.2) is 36.5 Å². The number of aromatic nitrogens is 2. The minimum atomic E-state index is -5.08. The molecule has 11 nitrogen and oxygen atoms in total. The second kappa shape index (κ2) is 17.0. The second-order valence-electron chi connectivity index (χ2n) is 10.8. The monoisotopic (exact) mass is 708 g/mol. The molecule has 0 aliphatic carbocycles. The van der Waals surface area contributed by atoms with Crippen LogP contribution >= 0.6 is 0 Å². The zero-order valence-corrected chi connectivity index (χ0v) is 25.0. The van der Waals surface area contributed by atoms with Gasteiger partial charge in [0, 0.05) is 45.9 Å². The van der Waals surface area contributed by atoms with Gasteiger partial charge in [-0.3, -0.25) is 0 Å². The Balaban J connectivity index is 0.000000313. The largest absolute Gasteiger partial charge is 0.490 e. The lowest BCUT2D eigenvalue weighted by molar-refractivity contribution is -0.193. The molecule has 0 radical (unpaired) electrons. The van der Waals surface area contributed by atoms with Gasteiger partial charge in [0.05, 0.1) is 17.4 Å². The maximum Gasteiger partial charge on any atom is 0.490 e. The van der Waals surface area contributed by atoms with Crippen molar-refractivity contribution < 1.29 is 74.0 Å². The minimum Gasteiger partial charge on any atom is -0.475 e. The third kappa shape index (κ3) is 12.3. The van der Waals surface area contributed by atoms with E-state index in [-0.39, 0.29) is 5.54 Å². The summed E-state index contributed by atoms with van der Waals surface area (Å²) in [5, 5.41) is 25.2. The summed E-state index contributed by atoms with van der Waals surface area (Å²) < 4.78 is 103. The number of fused-ring (bicyclic) bond motifs is 2. The van der Waals surface area contributed by atoms with Gasteiger partial charge < -0.3 is 34.8 Å². The highest BCUT2D eigenvalue weighted by atomic mass is 19.4. The number of nitrogens with zero attached hydrogens (tertiary/aromatic N) is 3. The van der Waals surface area contributed by atoms with Crippen LogP contribution in [0.2, 0.25) is 0 Å². The van der Waals surface area contributed by atoms with Crippen molar-refractivity contribution in [3.05, 3.63) is 42.4 Å². The average Bonchev–Trinajstić information content (AvgIpc) is 3.45. The summed E-state index contributed by atoms with van der Waals surface area (Å²) in [5.74, 6) is -6.20. The van der Waals surface area contributed by atoms with Crippen molar-refractivity contribution in [2.75, 3.05) is 39.4 Å². The highest BCUT2D eigenvalue weighted by molar-refractivity contribution is 5.73. The number of hydrogen-bond donors (Lipinski definition) is 4. The summed E-state index contributed by atoms with van der Waals surface area (Å²) in [5.41, 5.74) is 2.58. The summed E-state index contributed by atoms with van der Waals surface area (Å²) in [6.07, 6.45) is -8.41. The van der Waals surface area contributed by atoms with Crippen molar-refractivity contribution in [2.45, 2.75) is 56.3 Å². The molecule has 2 aromatic rings. The number of imidazole rings is 1. The molecule has 0 amide bonds. The number of likely N-dealkylation sites (tertiary alicyclic amines) is 1. The summed E-state index contributed by atoms with van der Waals surface area (Å²) in [6, 6.07) is 10.7. The standard InChI is InChI=1S/C22H30N4O.3C2HF3O2/c1-2-4-19(5-3-1)20-16-23-21-22(24-10-13-26(20)21)8-11-25(12-9-22)17-18-6-14-27-15-7-18;3*3-2(4,5)1(6)7/h1-5,16,18,24H,6-15,17H2;3*(H,6,7). The van der Waals surface area contributed by atoms with Crippen LogP contribution in [-0.4, -0.2) is 106 Å². The molecular formula is C28H33F9N4O7. The van der Waals surface area contributed by atoms with E-state index in [4.69, 9.17) is 39.4 Å². The first-order chi connectivity index (χ1) is 22.2. The van der Waals surface area contributed by atoms with E-state index in [0.717, 1.165) is 58.2 Å². The van der Waals surface area contributed by atoms with Gasteiger partial charge in [0.2, 0.25) is 0 Å². The Hall–Kier alpha value is -3.91. The molecule has 4 N–H and O–H groups in total. The predicted octanol–water partition coefficient (Wildman–Crippen LogP) is 4.77. The first kappa shape index (κ1) is 40.3. The number of nitrogens with one attached hydrogen (secondary N) is 1. The number of piperidine rings is 1. The van der Waals surface area contributed by atoms with Gasteiger partial charge in [0.15, 0.2) is 0 Å². The van der Waals surface area contributed by atoms with E-state index >= 15 is 0 Å². The number of ether oxygens (including phenoxy) is 1. The van der Waals surface area contributed by atoms with Gasteiger partial charge >= 0.3 is 36.4 Å². The molecule has 1 aromatic heterocycles. The molecule has 3 aliphatic heterocycles. The van der Waals surface area contributed by atoms with Gasteiger partial charge in [-0.15, -0.1) is 0 Å². The molecule has 0 unspecified atom stereocenters. The Morgan fingerprint density at radius 3 is 1.71 bits per heavy atom. The number of aliphatic carboxylic acids is 3. The molecule has 0 saturated carbocycles. The van der Waals surface area contributed by atoms with Crippen molar-refractivity contribution in [1.29, 1.82) is 0 Å². The molecule has 1 aromatic carbocycles. The van der Waals surface area contributed by atoms with Crippen molar-refractivity contribution >= 4 is 17.9 Å². The molecule has 3 aliphatic rings. The van der Waals surface area contributed by atoms with Crippen LogP contribution < -0.4 is 5.32 Å². The van der Waals surface area contributed by atoms with Crippen molar-refractivity contribution in [1.82, 2.24) is 19.8 Å². The summed E-state index contributed by atoms with van der Waals surface area (Å²) in [7, 11) is 0. The Kier molecular flexibility index (Phi) is 14.2. The summed E-state index contributed by atoms with van der Waals surface area (Å²) in [4.78, 5) is 34.3. The van der Waals surface area contributed by atoms with Crippen LogP contribution in [-0.2, 0) is 31.2 Å². The normalized spacial score (nSPS) is 18.1. The molecule has 2 fully saturated rings. The van der Waals surface area contributed by atoms with E-state index in [1.807, 2.05) is 0 Å². The Morgan fingerprint density at radius 1 is 0.812 bits per heavy atom. The van der Waals surface area contributed by atoms with E-state index < -0.39 is 36.4 Å². The number of carboxylic acids is 3. The van der Waals surface area contributed by atoms with Crippen molar-refractivity contribution in [3.8, 4) is 11.3 Å². The number of benzene rings is 1. The number of carbonyl (C=O) groups is 3. The highest BCUT2D eigenvalue weighted by Crippen LogP contribution is 2.37. The van der Waals surface area contributed by atoms with Crippen LogP contribution in [0.25, 0.3) is 11.3 Å². The quantitative estimate of drug-likeness (QED) is 0.328. The van der Waals surface area contributed by atoms with Gasteiger partial charge in [-0.05, 0) is 37.2 Å². The third-order valence-corrected chi connectivity index (χ3v) is 7.45. The van der Waals surface area contributed by atoms with E-state index in [0.29, 0.717) is 0 Å². The first-order valence-electron chi connectivity index (χ1n) is 14.2. The SMILES string of the molecule is O=C(O)C(F)(F)F.O=C(O)C(F)(F)F.O=C(O)C(F)(F)F.c1ccc(-c2cnc3n2CCNC32CCN(CC3CCOCC3)CC2)cc1. The van der Waals surface area contributed by atoms with E-state index in [9.17, 15) is 39.5 Å². The van der Waals surface area contributed by atoms with Crippen LogP contribution in [0.3, 0.4) is 0 Å². The zero-order chi connectivity index (χ0) is 36.3. The average molecular weight is 709 g/mol. The molecule has 1 spiro atoms. The summed E-state index contributed by atoms with van der Waals surface area (Å²) in [6.45, 7) is 7.50. The molecule has 48 heavy (non-hydrogen) atoms. The molecule has 4 heterocycles. The van der Waals surface area contributed by atoms with Crippen LogP contribution in [0.5, 0.6) is 0 Å². The van der Waals surface area contributed by atoms with Crippen LogP contribution in [0, 0.1) is 5.92 Å². The van der Waals surface area contributed by atoms with Gasteiger partial charge in [0.1, 0.15) is 5.82 Å². The van der Waals surface area contributed by atoms with E-state index in [2.05, 4.69) is 51.3 Å². The number of hydrogen-bond acceptors (Lipinski definition) is 7. The Morgan fingerprint density at radius 2 is 1.27 bits per heavy atom. The number of carboxylic acid groups (broad SMARTS) is 3. The fourth-order valence-electron chi connectivity index (χ4n) is 5.12. The van der Waals surface area contributed by atoms with Crippen LogP contribution in [0.4, 0.5) is 39.5 Å². The second-order valence-corrected chi connectivity index (χ2v) is 10.8. The van der Waals surface area contributed by atoms with E-state index in [1.54, 1.807) is 0 Å². The Bertz CT molecular complexity index is 1280. The number of alkyl halides is 9. The molecule has 270 valence electrons.